The number of nitriles is 1. The molecule has 0 aliphatic heterocycles. The second-order valence-corrected chi connectivity index (χ2v) is 7.43. The van der Waals surface area contributed by atoms with Crippen LogP contribution in [-0.4, -0.2) is 10.5 Å². The Kier molecular flexibility index (Phi) is 7.67. The van der Waals surface area contributed by atoms with Crippen LogP contribution in [0.2, 0.25) is 10.0 Å². The van der Waals surface area contributed by atoms with Crippen molar-refractivity contribution in [3.05, 3.63) is 73.9 Å². The van der Waals surface area contributed by atoms with Crippen molar-refractivity contribution in [1.82, 2.24) is 4.57 Å². The lowest BCUT2D eigenvalue weighted by Crippen LogP contribution is -2.19. The van der Waals surface area contributed by atoms with Crippen LogP contribution in [0.25, 0.3) is 0 Å². The minimum atomic E-state index is -0.148. The number of nitrogens with zero attached hydrogens (tertiary/aromatic N) is 3. The fourth-order valence-electron chi connectivity index (χ4n) is 2.38. The molecule has 1 N–H and O–H groups in total. The molecule has 1 heterocycles. The number of thiazole rings is 1. The van der Waals surface area contributed by atoms with Crippen LogP contribution in [0.5, 0.6) is 0 Å². The van der Waals surface area contributed by atoms with Gasteiger partial charge in [0, 0.05) is 33.9 Å². The van der Waals surface area contributed by atoms with Gasteiger partial charge in [0.25, 0.3) is 0 Å². The maximum absolute atomic E-state index is 12.3. The molecule has 0 fully saturated rings. The van der Waals surface area contributed by atoms with E-state index in [1.807, 2.05) is 23.1 Å². The van der Waals surface area contributed by atoms with Crippen molar-refractivity contribution < 1.29 is 4.79 Å². The lowest BCUT2D eigenvalue weighted by Gasteiger charge is -2.06. The molecule has 9 heteroatoms. The lowest BCUT2D eigenvalue weighted by molar-refractivity contribution is -0.115. The quantitative estimate of drug-likeness (QED) is 0.597. The average Bonchev–Trinajstić information content (AvgIpc) is 2.95. The Labute approximate surface area is 182 Å². The van der Waals surface area contributed by atoms with Crippen LogP contribution >= 0.6 is 46.9 Å². The normalized spacial score (nSPS) is 10.9. The summed E-state index contributed by atoms with van der Waals surface area (Å²) in [7, 11) is 1.85. The van der Waals surface area contributed by atoms with E-state index in [2.05, 4.69) is 10.3 Å². The van der Waals surface area contributed by atoms with E-state index < -0.39 is 0 Å². The summed E-state index contributed by atoms with van der Waals surface area (Å²) in [5.74, 6) is -0.148. The van der Waals surface area contributed by atoms with Gasteiger partial charge in [-0.05, 0) is 42.5 Å². The highest BCUT2D eigenvalue weighted by Gasteiger charge is 2.09. The number of halogens is 3. The van der Waals surface area contributed by atoms with E-state index >= 15 is 0 Å². The van der Waals surface area contributed by atoms with Gasteiger partial charge in [-0.1, -0.05) is 23.2 Å². The first-order chi connectivity index (χ1) is 12.9. The molecule has 0 saturated heterocycles. The van der Waals surface area contributed by atoms with Crippen LogP contribution in [0.1, 0.15) is 11.3 Å². The number of hydrogen-bond donors (Lipinski definition) is 1. The molecule has 28 heavy (non-hydrogen) atoms. The second kappa shape index (κ2) is 9.76. The zero-order chi connectivity index (χ0) is 19.4. The number of nitrogens with one attached hydrogen (secondary N) is 1. The summed E-state index contributed by atoms with van der Waals surface area (Å²) in [6.07, 6.45) is 0.207. The third-order valence-electron chi connectivity index (χ3n) is 3.73. The number of benzene rings is 2. The van der Waals surface area contributed by atoms with Crippen LogP contribution in [0.15, 0.2) is 52.8 Å². The standard InChI is InChI=1S/C19H14Cl2N4OS.ClH/c1-25-17(9-18(26)23-15-4-2-12(10-22)3-5-15)11-27-19(25)24-16-7-13(20)6-14(21)8-16;/h2-8,11H,9H2,1H3,(H,23,26);1H/b24-19+;. The molecule has 3 rings (SSSR count). The number of rotatable bonds is 4. The SMILES string of the molecule is Cl.Cn1c(CC(=O)Nc2ccc(C#N)cc2)cs/c1=N/c1cc(Cl)cc(Cl)c1. The van der Waals surface area contributed by atoms with Crippen molar-refractivity contribution >= 4 is 64.2 Å². The summed E-state index contributed by atoms with van der Waals surface area (Å²) in [6.45, 7) is 0. The van der Waals surface area contributed by atoms with Gasteiger partial charge in [-0.25, -0.2) is 4.99 Å². The fraction of sp³-hybridized carbons (Fsp3) is 0.105. The maximum Gasteiger partial charge on any atom is 0.230 e. The highest BCUT2D eigenvalue weighted by molar-refractivity contribution is 7.07. The predicted octanol–water partition coefficient (Wildman–Crippen LogP) is 5.10. The van der Waals surface area contributed by atoms with Crippen molar-refractivity contribution in [2.45, 2.75) is 6.42 Å². The predicted molar refractivity (Wildman–Crippen MR) is 116 cm³/mol. The van der Waals surface area contributed by atoms with Crippen LogP contribution in [-0.2, 0) is 18.3 Å². The minimum Gasteiger partial charge on any atom is -0.326 e. The molecule has 5 nitrogen and oxygen atoms in total. The van der Waals surface area contributed by atoms with Crippen LogP contribution in [0.3, 0.4) is 0 Å². The zero-order valence-electron chi connectivity index (χ0n) is 14.6. The minimum absolute atomic E-state index is 0. The van der Waals surface area contributed by atoms with Gasteiger partial charge in [-0.3, -0.25) is 4.79 Å². The molecule has 1 aromatic heterocycles. The topological polar surface area (TPSA) is 70.2 Å². The number of anilines is 1. The Hall–Kier alpha value is -2.30. The fourth-order valence-corrected chi connectivity index (χ4v) is 3.81. The largest absolute Gasteiger partial charge is 0.326 e. The molecule has 3 aromatic rings. The molecular formula is C19H15Cl3N4OS. The molecule has 0 spiro atoms. The Morgan fingerprint density at radius 3 is 2.46 bits per heavy atom. The molecule has 0 saturated carbocycles. The van der Waals surface area contributed by atoms with E-state index in [9.17, 15) is 4.79 Å². The molecule has 144 valence electrons. The lowest BCUT2D eigenvalue weighted by atomic mass is 10.2. The molecule has 0 aliphatic rings. The van der Waals surface area contributed by atoms with E-state index in [0.29, 0.717) is 27.0 Å². The molecule has 0 aliphatic carbocycles. The Bertz CT molecular complexity index is 1080. The summed E-state index contributed by atoms with van der Waals surface area (Å²) in [4.78, 5) is 17.6. The molecule has 0 radical (unpaired) electrons. The summed E-state index contributed by atoms with van der Waals surface area (Å²) in [5.41, 5.74) is 2.68. The summed E-state index contributed by atoms with van der Waals surface area (Å²) >= 11 is 13.4. The molecule has 2 aromatic carbocycles. The maximum atomic E-state index is 12.3. The van der Waals surface area contributed by atoms with Crippen molar-refractivity contribution in [1.29, 1.82) is 5.26 Å². The number of carbonyl (C=O) groups is 1. The van der Waals surface area contributed by atoms with Crippen molar-refractivity contribution in [3.8, 4) is 6.07 Å². The summed E-state index contributed by atoms with van der Waals surface area (Å²) < 4.78 is 1.86. The van der Waals surface area contributed by atoms with E-state index in [4.69, 9.17) is 28.5 Å². The van der Waals surface area contributed by atoms with Gasteiger partial charge in [0.15, 0.2) is 4.80 Å². The van der Waals surface area contributed by atoms with E-state index in [1.54, 1.807) is 42.5 Å². The molecule has 0 unspecified atom stereocenters. The Morgan fingerprint density at radius 1 is 1.21 bits per heavy atom. The van der Waals surface area contributed by atoms with Gasteiger partial charge in [0.2, 0.25) is 5.91 Å². The third-order valence-corrected chi connectivity index (χ3v) is 5.13. The van der Waals surface area contributed by atoms with Crippen molar-refractivity contribution in [2.75, 3.05) is 5.32 Å². The van der Waals surface area contributed by atoms with E-state index in [1.165, 1.54) is 11.3 Å². The van der Waals surface area contributed by atoms with Crippen LogP contribution in [0, 0.1) is 11.3 Å². The second-order valence-electron chi connectivity index (χ2n) is 5.72. The number of aromatic nitrogens is 1. The number of hydrogen-bond acceptors (Lipinski definition) is 4. The van der Waals surface area contributed by atoms with Gasteiger partial charge in [-0.15, -0.1) is 23.7 Å². The first kappa shape index (κ1) is 22.0. The smallest absolute Gasteiger partial charge is 0.230 e. The van der Waals surface area contributed by atoms with Crippen LogP contribution in [0.4, 0.5) is 11.4 Å². The van der Waals surface area contributed by atoms with Gasteiger partial charge in [0.05, 0.1) is 23.7 Å². The van der Waals surface area contributed by atoms with Gasteiger partial charge in [0.1, 0.15) is 0 Å². The summed E-state index contributed by atoms with van der Waals surface area (Å²) in [6, 6.07) is 13.9. The van der Waals surface area contributed by atoms with E-state index in [-0.39, 0.29) is 24.7 Å². The van der Waals surface area contributed by atoms with Gasteiger partial charge >= 0.3 is 0 Å². The van der Waals surface area contributed by atoms with Crippen LogP contribution < -0.4 is 10.1 Å². The zero-order valence-corrected chi connectivity index (χ0v) is 17.8. The Balaban J connectivity index is 0.00000280. The van der Waals surface area contributed by atoms with Gasteiger partial charge < -0.3 is 9.88 Å². The molecular weight excluding hydrogens is 439 g/mol. The number of carbonyl (C=O) groups excluding carboxylic acids is 1. The third kappa shape index (κ3) is 5.60. The average molecular weight is 454 g/mol. The Morgan fingerprint density at radius 2 is 1.86 bits per heavy atom. The molecule has 0 atom stereocenters. The van der Waals surface area contributed by atoms with Gasteiger partial charge in [-0.2, -0.15) is 5.26 Å². The highest BCUT2D eigenvalue weighted by atomic mass is 35.5. The monoisotopic (exact) mass is 452 g/mol. The first-order valence-electron chi connectivity index (χ1n) is 7.89. The first-order valence-corrected chi connectivity index (χ1v) is 9.52. The molecule has 0 bridgehead atoms. The molecule has 1 amide bonds. The van der Waals surface area contributed by atoms with Crippen molar-refractivity contribution in [2.24, 2.45) is 12.0 Å². The van der Waals surface area contributed by atoms with Crippen molar-refractivity contribution in [3.63, 3.8) is 0 Å². The summed E-state index contributed by atoms with van der Waals surface area (Å²) in [5, 5.41) is 14.6. The highest BCUT2D eigenvalue weighted by Crippen LogP contribution is 2.24. The van der Waals surface area contributed by atoms with E-state index in [0.717, 1.165) is 10.5 Å². The number of amides is 1.